The molecule has 0 aliphatic heterocycles. The molecule has 0 N–H and O–H groups in total. The Morgan fingerprint density at radius 1 is 0.484 bits per heavy atom. The van der Waals surface area contributed by atoms with Crippen LogP contribution in [0.25, 0.3) is 64.2 Å². The van der Waals surface area contributed by atoms with Crippen LogP contribution >= 0.6 is 11.3 Å². The van der Waals surface area contributed by atoms with E-state index in [2.05, 4.69) is 97.1 Å². The van der Waals surface area contributed by atoms with Gasteiger partial charge in [-0.3, -0.25) is 0 Å². The monoisotopic (exact) mass is 411 g/mol. The van der Waals surface area contributed by atoms with Crippen LogP contribution in [-0.4, -0.2) is 4.98 Å². The molecule has 2 heteroatoms. The van der Waals surface area contributed by atoms with Crippen LogP contribution < -0.4 is 0 Å². The second-order valence-electron chi connectivity index (χ2n) is 8.07. The third-order valence-electron chi connectivity index (χ3n) is 6.22. The summed E-state index contributed by atoms with van der Waals surface area (Å²) in [6, 6.07) is 37.3. The van der Waals surface area contributed by atoms with Crippen LogP contribution in [0, 0.1) is 0 Å². The van der Waals surface area contributed by atoms with E-state index < -0.39 is 0 Å². The number of nitrogens with zero attached hydrogens (tertiary/aromatic N) is 1. The zero-order valence-corrected chi connectivity index (χ0v) is 17.5. The van der Waals surface area contributed by atoms with E-state index >= 15 is 0 Å². The topological polar surface area (TPSA) is 12.9 Å². The van der Waals surface area contributed by atoms with E-state index in [0.29, 0.717) is 0 Å². The summed E-state index contributed by atoms with van der Waals surface area (Å²) < 4.78 is 1.23. The number of fused-ring (bicyclic) bond motifs is 1. The van der Waals surface area contributed by atoms with Gasteiger partial charge in [0.2, 0.25) is 0 Å². The highest BCUT2D eigenvalue weighted by molar-refractivity contribution is 7.21. The van der Waals surface area contributed by atoms with Crippen molar-refractivity contribution in [1.82, 2.24) is 4.98 Å². The summed E-state index contributed by atoms with van der Waals surface area (Å²) in [5, 5.41) is 9.02. The van der Waals surface area contributed by atoms with Gasteiger partial charge in [-0.05, 0) is 67.7 Å². The van der Waals surface area contributed by atoms with Gasteiger partial charge in [-0.2, -0.15) is 0 Å². The van der Waals surface area contributed by atoms with Gasteiger partial charge in [0.15, 0.2) is 0 Å². The molecule has 0 atom stereocenters. The predicted molar refractivity (Wildman–Crippen MR) is 134 cm³/mol. The summed E-state index contributed by atoms with van der Waals surface area (Å²) in [6.07, 6.45) is 0. The van der Waals surface area contributed by atoms with Gasteiger partial charge in [0.25, 0.3) is 0 Å². The summed E-state index contributed by atoms with van der Waals surface area (Å²) in [5.41, 5.74) is 4.72. The van der Waals surface area contributed by atoms with Crippen molar-refractivity contribution in [3.63, 3.8) is 0 Å². The molecule has 1 heterocycles. The average molecular weight is 412 g/mol. The lowest BCUT2D eigenvalue weighted by atomic mass is 9.91. The Balaban J connectivity index is 1.36. The van der Waals surface area contributed by atoms with Gasteiger partial charge < -0.3 is 0 Å². The Morgan fingerprint density at radius 3 is 1.81 bits per heavy atom. The lowest BCUT2D eigenvalue weighted by Gasteiger charge is -2.13. The zero-order valence-electron chi connectivity index (χ0n) is 16.7. The van der Waals surface area contributed by atoms with Crippen LogP contribution in [0.5, 0.6) is 0 Å². The molecule has 0 fully saturated rings. The van der Waals surface area contributed by atoms with Gasteiger partial charge in [0.1, 0.15) is 5.01 Å². The normalized spacial score (nSPS) is 11.9. The Morgan fingerprint density at radius 2 is 1.10 bits per heavy atom. The van der Waals surface area contributed by atoms with Crippen LogP contribution in [0.2, 0.25) is 0 Å². The smallest absolute Gasteiger partial charge is 0.124 e. The molecule has 7 rings (SSSR count). The minimum Gasteiger partial charge on any atom is -0.236 e. The molecule has 0 saturated carbocycles. The molecule has 0 aliphatic carbocycles. The van der Waals surface area contributed by atoms with Gasteiger partial charge >= 0.3 is 0 Å². The van der Waals surface area contributed by atoms with E-state index in [-0.39, 0.29) is 0 Å². The minimum absolute atomic E-state index is 1.07. The number of benzene rings is 6. The van der Waals surface area contributed by atoms with Crippen molar-refractivity contribution < 1.29 is 0 Å². The second kappa shape index (κ2) is 6.37. The molecule has 0 saturated heterocycles. The van der Waals surface area contributed by atoms with Crippen molar-refractivity contribution in [3.05, 3.63) is 103 Å². The van der Waals surface area contributed by atoms with Crippen molar-refractivity contribution in [2.45, 2.75) is 0 Å². The van der Waals surface area contributed by atoms with Gasteiger partial charge in [-0.15, -0.1) is 11.3 Å². The lowest BCUT2D eigenvalue weighted by Crippen LogP contribution is -1.86. The molecule has 7 aromatic rings. The maximum Gasteiger partial charge on any atom is 0.124 e. The third kappa shape index (κ3) is 2.59. The predicted octanol–water partition coefficient (Wildman–Crippen LogP) is 8.53. The first-order valence-electron chi connectivity index (χ1n) is 10.5. The molecular weight excluding hydrogens is 394 g/mol. The minimum atomic E-state index is 1.07. The Kier molecular flexibility index (Phi) is 3.49. The molecule has 6 aromatic carbocycles. The largest absolute Gasteiger partial charge is 0.236 e. The van der Waals surface area contributed by atoms with Crippen LogP contribution in [0.15, 0.2) is 103 Å². The van der Waals surface area contributed by atoms with Gasteiger partial charge in [0, 0.05) is 5.56 Å². The first-order valence-corrected chi connectivity index (χ1v) is 11.3. The Hall–Kier alpha value is -3.75. The average Bonchev–Trinajstić information content (AvgIpc) is 3.27. The quantitative estimate of drug-likeness (QED) is 0.260. The molecule has 0 unspecified atom stereocenters. The fourth-order valence-electron chi connectivity index (χ4n) is 4.72. The van der Waals surface area contributed by atoms with E-state index in [1.54, 1.807) is 11.3 Å². The Bertz CT molecular complexity index is 1630. The van der Waals surface area contributed by atoms with Gasteiger partial charge in [0.05, 0.1) is 10.2 Å². The van der Waals surface area contributed by atoms with Crippen molar-refractivity contribution in [2.24, 2.45) is 0 Å². The van der Waals surface area contributed by atoms with E-state index in [4.69, 9.17) is 4.98 Å². The maximum atomic E-state index is 4.80. The van der Waals surface area contributed by atoms with E-state index in [1.807, 2.05) is 6.07 Å². The highest BCUT2D eigenvalue weighted by Crippen LogP contribution is 2.38. The first-order chi connectivity index (χ1) is 15.3. The molecule has 31 heavy (non-hydrogen) atoms. The van der Waals surface area contributed by atoms with Crippen LogP contribution in [0.3, 0.4) is 0 Å². The third-order valence-corrected chi connectivity index (χ3v) is 7.31. The molecular formula is C29H17NS. The maximum absolute atomic E-state index is 4.80. The molecule has 0 radical (unpaired) electrons. The number of hydrogen-bond acceptors (Lipinski definition) is 2. The number of hydrogen-bond donors (Lipinski definition) is 0. The van der Waals surface area contributed by atoms with E-state index in [9.17, 15) is 0 Å². The summed E-state index contributed by atoms with van der Waals surface area (Å²) in [6.45, 7) is 0. The second-order valence-corrected chi connectivity index (χ2v) is 9.10. The summed E-state index contributed by atoms with van der Waals surface area (Å²) in [7, 11) is 0. The molecule has 1 aromatic heterocycles. The zero-order chi connectivity index (χ0) is 20.4. The summed E-state index contributed by atoms with van der Waals surface area (Å²) in [5.74, 6) is 0. The molecule has 0 amide bonds. The SMILES string of the molecule is c1cc2ccc3cc(-c4ccc(-c5nc6ccccc6s5)cc4)cc4ccc(c1)c2c34. The molecule has 1 nitrogen and oxygen atoms in total. The van der Waals surface area contributed by atoms with Crippen molar-refractivity contribution >= 4 is 53.9 Å². The fraction of sp³-hybridized carbons (Fsp3) is 0. The van der Waals surface area contributed by atoms with Gasteiger partial charge in [-0.1, -0.05) is 78.9 Å². The molecule has 144 valence electrons. The molecule has 0 aliphatic rings. The Labute approximate surface area is 183 Å². The highest BCUT2D eigenvalue weighted by atomic mass is 32.1. The number of rotatable bonds is 2. The summed E-state index contributed by atoms with van der Waals surface area (Å²) >= 11 is 1.75. The van der Waals surface area contributed by atoms with Crippen LogP contribution in [0.1, 0.15) is 0 Å². The van der Waals surface area contributed by atoms with E-state index in [1.165, 1.54) is 53.7 Å². The molecule has 0 spiro atoms. The highest BCUT2D eigenvalue weighted by Gasteiger charge is 2.11. The number of para-hydroxylation sites is 1. The fourth-order valence-corrected chi connectivity index (χ4v) is 5.69. The van der Waals surface area contributed by atoms with Crippen molar-refractivity contribution in [1.29, 1.82) is 0 Å². The number of aromatic nitrogens is 1. The molecule has 0 bridgehead atoms. The van der Waals surface area contributed by atoms with E-state index in [0.717, 1.165) is 10.5 Å². The number of thiazole rings is 1. The van der Waals surface area contributed by atoms with Gasteiger partial charge in [-0.25, -0.2) is 4.98 Å². The first kappa shape index (κ1) is 17.0. The standard InChI is InChI=1S/C29H17NS/c1-2-7-26-25(6-1)30-29(31-26)21-12-8-18(9-13-21)24-16-22-14-10-19-4-3-5-20-11-15-23(17-24)28(22)27(19)20/h1-17H. The van der Waals surface area contributed by atoms with Crippen LogP contribution in [-0.2, 0) is 0 Å². The summed E-state index contributed by atoms with van der Waals surface area (Å²) in [4.78, 5) is 4.80. The van der Waals surface area contributed by atoms with Crippen molar-refractivity contribution in [3.8, 4) is 21.7 Å². The lowest BCUT2D eigenvalue weighted by molar-refractivity contribution is 1.48. The van der Waals surface area contributed by atoms with Crippen LogP contribution in [0.4, 0.5) is 0 Å². The van der Waals surface area contributed by atoms with Crippen molar-refractivity contribution in [2.75, 3.05) is 0 Å².